The van der Waals surface area contributed by atoms with Crippen LogP contribution in [0.15, 0.2) is 32.9 Å². The van der Waals surface area contributed by atoms with E-state index in [1.165, 1.54) is 22.7 Å². The highest BCUT2D eigenvalue weighted by molar-refractivity contribution is 9.10. The van der Waals surface area contributed by atoms with E-state index in [0.29, 0.717) is 9.75 Å². The molecule has 0 aliphatic carbocycles. The van der Waals surface area contributed by atoms with Crippen LogP contribution in [-0.4, -0.2) is 33.3 Å². The van der Waals surface area contributed by atoms with Crippen LogP contribution in [-0.2, 0) is 0 Å². The van der Waals surface area contributed by atoms with Crippen LogP contribution in [0.5, 0.6) is 0 Å². The summed E-state index contributed by atoms with van der Waals surface area (Å²) in [6.07, 6.45) is 3.43. The van der Waals surface area contributed by atoms with E-state index in [4.69, 9.17) is 0 Å². The Balaban J connectivity index is 1.61. The van der Waals surface area contributed by atoms with E-state index < -0.39 is 0 Å². The normalized spacial score (nSPS) is 13.6. The molecule has 3 rings (SSSR count). The highest BCUT2D eigenvalue weighted by Crippen LogP contribution is 2.22. The third kappa shape index (κ3) is 4.13. The summed E-state index contributed by atoms with van der Waals surface area (Å²) >= 11 is 9.39. The predicted molar refractivity (Wildman–Crippen MR) is 107 cm³/mol. The number of fused-ring (bicyclic) bond motifs is 1. The van der Waals surface area contributed by atoms with Gasteiger partial charge in [-0.3, -0.25) is 14.0 Å². The Hall–Kier alpha value is -1.23. The highest BCUT2D eigenvalue weighted by atomic mass is 79.9. The van der Waals surface area contributed by atoms with Gasteiger partial charge in [-0.15, -0.1) is 11.3 Å². The van der Waals surface area contributed by atoms with Crippen molar-refractivity contribution < 1.29 is 9.59 Å². The van der Waals surface area contributed by atoms with E-state index in [0.717, 1.165) is 14.0 Å². The van der Waals surface area contributed by atoms with Gasteiger partial charge in [0.25, 0.3) is 11.8 Å². The second kappa shape index (κ2) is 7.56. The van der Waals surface area contributed by atoms with Crippen LogP contribution in [0, 0.1) is 0 Å². The fraction of sp³-hybridized carbons (Fsp3) is 0.267. The van der Waals surface area contributed by atoms with Gasteiger partial charge in [0.1, 0.15) is 9.48 Å². The first-order valence-electron chi connectivity index (χ1n) is 7.33. The Morgan fingerprint density at radius 3 is 2.36 bits per heavy atom. The molecule has 3 aromatic rings. The Morgan fingerprint density at radius 1 is 1.16 bits per heavy atom. The summed E-state index contributed by atoms with van der Waals surface area (Å²) < 4.78 is 3.49. The lowest BCUT2D eigenvalue weighted by molar-refractivity contribution is 0.0896. The van der Waals surface area contributed by atoms with Gasteiger partial charge in [-0.1, -0.05) is 11.3 Å². The molecule has 0 aromatic carbocycles. The molecule has 0 aliphatic rings. The molecular formula is C15H14Br2N4O2S2. The van der Waals surface area contributed by atoms with E-state index in [1.807, 2.05) is 23.6 Å². The largest absolute Gasteiger partial charge is 0.347 e. The molecule has 6 nitrogen and oxygen atoms in total. The number of halogens is 2. The second-order valence-corrected chi connectivity index (χ2v) is 9.13. The van der Waals surface area contributed by atoms with Gasteiger partial charge in [0, 0.05) is 28.1 Å². The van der Waals surface area contributed by atoms with Crippen molar-refractivity contribution in [2.45, 2.75) is 25.9 Å². The van der Waals surface area contributed by atoms with E-state index in [2.05, 4.69) is 47.5 Å². The minimum atomic E-state index is -0.224. The fourth-order valence-corrected chi connectivity index (χ4v) is 4.78. The number of thiophene rings is 1. The van der Waals surface area contributed by atoms with Crippen LogP contribution < -0.4 is 10.6 Å². The molecule has 3 aromatic heterocycles. The molecule has 0 fully saturated rings. The van der Waals surface area contributed by atoms with Crippen molar-refractivity contribution in [3.8, 4) is 0 Å². The Morgan fingerprint density at radius 2 is 1.80 bits per heavy atom. The van der Waals surface area contributed by atoms with Gasteiger partial charge in [-0.05, 0) is 51.8 Å². The van der Waals surface area contributed by atoms with Gasteiger partial charge in [-0.25, -0.2) is 4.98 Å². The number of thiazole rings is 1. The maximum Gasteiger partial charge on any atom is 0.263 e. The van der Waals surface area contributed by atoms with Gasteiger partial charge >= 0.3 is 0 Å². The number of nitrogens with one attached hydrogen (secondary N) is 2. The minimum absolute atomic E-state index is 0.150. The van der Waals surface area contributed by atoms with Crippen LogP contribution in [0.4, 0.5) is 0 Å². The molecule has 2 atom stereocenters. The third-order valence-corrected chi connectivity index (χ3v) is 6.92. The number of nitrogens with zero attached hydrogens (tertiary/aromatic N) is 2. The second-order valence-electron chi connectivity index (χ2n) is 5.48. The Kier molecular flexibility index (Phi) is 5.62. The molecular weight excluding hydrogens is 492 g/mol. The van der Waals surface area contributed by atoms with Crippen molar-refractivity contribution in [1.29, 1.82) is 0 Å². The zero-order valence-electron chi connectivity index (χ0n) is 13.2. The summed E-state index contributed by atoms with van der Waals surface area (Å²) in [5, 5.41) is 7.69. The third-order valence-electron chi connectivity index (χ3n) is 3.65. The average molecular weight is 506 g/mol. The maximum absolute atomic E-state index is 12.4. The molecule has 25 heavy (non-hydrogen) atoms. The standard InChI is InChI=1S/C15H14Br2N4O2S2/c1-7(19-13(22)10-3-9(16)6-24-10)8(2)20-14(23)11-5-21-12(17)4-18-15(21)25-11/h3-8H,1-2H3,(H,19,22)(H,20,23). The molecule has 2 unspecified atom stereocenters. The number of carbonyl (C=O) groups is 2. The first-order valence-corrected chi connectivity index (χ1v) is 10.6. The number of amides is 2. The van der Waals surface area contributed by atoms with E-state index in [1.54, 1.807) is 18.5 Å². The molecule has 0 radical (unpaired) electrons. The van der Waals surface area contributed by atoms with E-state index in [-0.39, 0.29) is 23.9 Å². The van der Waals surface area contributed by atoms with E-state index in [9.17, 15) is 9.59 Å². The summed E-state index contributed by atoms with van der Waals surface area (Å²) in [5.41, 5.74) is 0. The predicted octanol–water partition coefficient (Wildman–Crippen LogP) is 3.92. The van der Waals surface area contributed by atoms with Crippen LogP contribution in [0.2, 0.25) is 0 Å². The minimum Gasteiger partial charge on any atom is -0.347 e. The SMILES string of the molecule is CC(NC(=O)c1cc(Br)cs1)C(C)NC(=O)c1cn2c(Br)cnc2s1. The number of carbonyl (C=O) groups excluding carboxylic acids is 2. The van der Waals surface area contributed by atoms with Crippen LogP contribution >= 0.6 is 54.5 Å². The van der Waals surface area contributed by atoms with E-state index >= 15 is 0 Å². The Bertz CT molecular complexity index is 933. The molecule has 0 spiro atoms. The smallest absolute Gasteiger partial charge is 0.263 e. The maximum atomic E-state index is 12.4. The lowest BCUT2D eigenvalue weighted by atomic mass is 10.1. The molecule has 0 aliphatic heterocycles. The molecule has 2 N–H and O–H groups in total. The van der Waals surface area contributed by atoms with Crippen molar-refractivity contribution >= 4 is 71.3 Å². The zero-order valence-corrected chi connectivity index (χ0v) is 18.1. The van der Waals surface area contributed by atoms with Gasteiger partial charge in [0.05, 0.1) is 11.1 Å². The molecule has 0 saturated carbocycles. The first kappa shape index (κ1) is 18.6. The highest BCUT2D eigenvalue weighted by Gasteiger charge is 2.20. The molecule has 132 valence electrons. The molecule has 2 amide bonds. The van der Waals surface area contributed by atoms with Gasteiger partial charge < -0.3 is 10.6 Å². The monoisotopic (exact) mass is 504 g/mol. The van der Waals surface area contributed by atoms with Crippen molar-refractivity contribution in [3.05, 3.63) is 42.7 Å². The lowest BCUT2D eigenvalue weighted by Gasteiger charge is -2.22. The van der Waals surface area contributed by atoms with Crippen molar-refractivity contribution in [1.82, 2.24) is 20.0 Å². The Labute approximate surface area is 168 Å². The molecule has 0 bridgehead atoms. The fourth-order valence-electron chi connectivity index (χ4n) is 2.10. The van der Waals surface area contributed by atoms with Crippen LogP contribution in [0.1, 0.15) is 33.2 Å². The number of hydrogen-bond acceptors (Lipinski definition) is 5. The van der Waals surface area contributed by atoms with Crippen LogP contribution in [0.3, 0.4) is 0 Å². The van der Waals surface area contributed by atoms with Gasteiger partial charge in [-0.2, -0.15) is 0 Å². The van der Waals surface area contributed by atoms with Crippen molar-refractivity contribution in [2.24, 2.45) is 0 Å². The summed E-state index contributed by atoms with van der Waals surface area (Å²) in [5.74, 6) is -0.335. The summed E-state index contributed by atoms with van der Waals surface area (Å²) in [7, 11) is 0. The summed E-state index contributed by atoms with van der Waals surface area (Å²) in [6, 6.07) is 1.33. The van der Waals surface area contributed by atoms with Crippen LogP contribution in [0.25, 0.3) is 4.96 Å². The molecule has 3 heterocycles. The summed E-state index contributed by atoms with van der Waals surface area (Å²) in [4.78, 5) is 30.8. The number of imidazole rings is 1. The zero-order chi connectivity index (χ0) is 18.1. The quantitative estimate of drug-likeness (QED) is 0.551. The molecule has 0 saturated heterocycles. The topological polar surface area (TPSA) is 75.5 Å². The number of hydrogen-bond donors (Lipinski definition) is 2. The molecule has 10 heteroatoms. The first-order chi connectivity index (χ1) is 11.8. The van der Waals surface area contributed by atoms with Crippen molar-refractivity contribution in [2.75, 3.05) is 0 Å². The summed E-state index contributed by atoms with van der Waals surface area (Å²) in [6.45, 7) is 3.73. The van der Waals surface area contributed by atoms with Crippen molar-refractivity contribution in [3.63, 3.8) is 0 Å². The van der Waals surface area contributed by atoms with Gasteiger partial charge in [0.2, 0.25) is 0 Å². The number of rotatable bonds is 5. The number of aromatic nitrogens is 2. The average Bonchev–Trinajstić information content (AvgIpc) is 3.25. The van der Waals surface area contributed by atoms with Gasteiger partial charge in [0.15, 0.2) is 4.96 Å². The lowest BCUT2D eigenvalue weighted by Crippen LogP contribution is -2.48.